The molecule has 5 heteroatoms. The number of benzene rings is 1. The van der Waals surface area contributed by atoms with E-state index in [0.717, 1.165) is 29.4 Å². The lowest BCUT2D eigenvalue weighted by molar-refractivity contribution is -0.115. The van der Waals surface area contributed by atoms with Crippen LogP contribution < -0.4 is 10.6 Å². The van der Waals surface area contributed by atoms with E-state index in [1.54, 1.807) is 0 Å². The quantitative estimate of drug-likeness (QED) is 0.895. The van der Waals surface area contributed by atoms with Gasteiger partial charge >= 0.3 is 0 Å². The van der Waals surface area contributed by atoms with E-state index in [1.165, 1.54) is 17.9 Å². The van der Waals surface area contributed by atoms with Crippen molar-refractivity contribution in [2.24, 2.45) is 5.92 Å². The van der Waals surface area contributed by atoms with Crippen LogP contribution in [0.2, 0.25) is 5.02 Å². The molecule has 96 valence electrons. The predicted molar refractivity (Wildman–Crippen MR) is 77.7 cm³/mol. The number of thioether (sulfide) groups is 1. The number of hydrogen-bond acceptors (Lipinski definition) is 3. The van der Waals surface area contributed by atoms with Crippen LogP contribution in [0.1, 0.15) is 12.0 Å². The molecule has 0 aliphatic carbocycles. The minimum absolute atomic E-state index is 0.0467. The van der Waals surface area contributed by atoms with Gasteiger partial charge in [-0.2, -0.15) is 11.8 Å². The lowest BCUT2D eigenvalue weighted by Gasteiger charge is -2.13. The minimum Gasteiger partial charge on any atom is -0.384 e. The highest BCUT2D eigenvalue weighted by atomic mass is 35.5. The molecule has 1 amide bonds. The van der Waals surface area contributed by atoms with E-state index in [4.69, 9.17) is 11.6 Å². The van der Waals surface area contributed by atoms with Gasteiger partial charge in [0.25, 0.3) is 0 Å². The van der Waals surface area contributed by atoms with E-state index < -0.39 is 0 Å². The van der Waals surface area contributed by atoms with Crippen molar-refractivity contribution in [3.63, 3.8) is 0 Å². The van der Waals surface area contributed by atoms with E-state index in [0.29, 0.717) is 11.4 Å². The van der Waals surface area contributed by atoms with Crippen molar-refractivity contribution in [1.29, 1.82) is 0 Å². The maximum Gasteiger partial charge on any atom is 0.228 e. The van der Waals surface area contributed by atoms with Gasteiger partial charge in [-0.1, -0.05) is 11.6 Å². The Morgan fingerprint density at radius 3 is 3.17 bits per heavy atom. The van der Waals surface area contributed by atoms with Gasteiger partial charge in [-0.05, 0) is 41.5 Å². The molecule has 2 aliphatic heterocycles. The Kier molecular flexibility index (Phi) is 3.39. The van der Waals surface area contributed by atoms with Gasteiger partial charge in [-0.3, -0.25) is 4.79 Å². The molecule has 0 aromatic heterocycles. The van der Waals surface area contributed by atoms with Gasteiger partial charge in [0.2, 0.25) is 5.91 Å². The summed E-state index contributed by atoms with van der Waals surface area (Å²) >= 11 is 8.24. The van der Waals surface area contributed by atoms with Gasteiger partial charge < -0.3 is 10.6 Å². The Bertz CT molecular complexity index is 486. The number of fused-ring (bicyclic) bond motifs is 1. The molecule has 0 spiro atoms. The summed E-state index contributed by atoms with van der Waals surface area (Å²) in [5, 5.41) is 6.91. The summed E-state index contributed by atoms with van der Waals surface area (Å²) < 4.78 is 0. The minimum atomic E-state index is 0.0467. The predicted octanol–water partition coefficient (Wildman–Crippen LogP) is 3.00. The number of rotatable bonds is 3. The van der Waals surface area contributed by atoms with Crippen LogP contribution in [0, 0.1) is 5.92 Å². The Balaban J connectivity index is 1.72. The van der Waals surface area contributed by atoms with Crippen LogP contribution >= 0.6 is 23.4 Å². The van der Waals surface area contributed by atoms with Crippen molar-refractivity contribution in [2.45, 2.75) is 12.8 Å². The molecule has 3 nitrogen and oxygen atoms in total. The number of amides is 1. The van der Waals surface area contributed by atoms with E-state index in [9.17, 15) is 4.79 Å². The molecule has 1 unspecified atom stereocenters. The number of nitrogens with one attached hydrogen (secondary N) is 2. The van der Waals surface area contributed by atoms with E-state index in [-0.39, 0.29) is 5.91 Å². The Labute approximate surface area is 116 Å². The smallest absolute Gasteiger partial charge is 0.228 e. The topological polar surface area (TPSA) is 41.1 Å². The standard InChI is InChI=1S/C13H15ClN2OS/c14-10-5-11-9(4-13(17)16-11)3-12(10)15-6-8-1-2-18-7-8/h3,5,8,15H,1-2,4,6-7H2,(H,16,17). The summed E-state index contributed by atoms with van der Waals surface area (Å²) in [5.41, 5.74) is 2.84. The highest BCUT2D eigenvalue weighted by Crippen LogP contribution is 2.33. The lowest BCUT2D eigenvalue weighted by atomic mass is 10.1. The highest BCUT2D eigenvalue weighted by molar-refractivity contribution is 7.99. The molecule has 2 heterocycles. The second-order valence-electron chi connectivity index (χ2n) is 4.82. The molecule has 2 N–H and O–H groups in total. The first-order valence-corrected chi connectivity index (χ1v) is 7.69. The van der Waals surface area contributed by atoms with Crippen LogP contribution in [-0.2, 0) is 11.2 Å². The Morgan fingerprint density at radius 2 is 2.39 bits per heavy atom. The van der Waals surface area contributed by atoms with Gasteiger partial charge in [-0.25, -0.2) is 0 Å². The number of hydrogen-bond donors (Lipinski definition) is 2. The molecule has 0 radical (unpaired) electrons. The third-order valence-electron chi connectivity index (χ3n) is 3.42. The Morgan fingerprint density at radius 1 is 1.50 bits per heavy atom. The van der Waals surface area contributed by atoms with Gasteiger partial charge in [0.05, 0.1) is 17.1 Å². The number of halogens is 1. The molecule has 1 saturated heterocycles. The van der Waals surface area contributed by atoms with Gasteiger partial charge in [-0.15, -0.1) is 0 Å². The van der Waals surface area contributed by atoms with Crippen LogP contribution in [0.5, 0.6) is 0 Å². The zero-order valence-corrected chi connectivity index (χ0v) is 11.5. The maximum absolute atomic E-state index is 11.3. The van der Waals surface area contributed by atoms with Gasteiger partial charge in [0, 0.05) is 12.2 Å². The summed E-state index contributed by atoms with van der Waals surface area (Å²) in [5.74, 6) is 3.28. The molecule has 3 rings (SSSR count). The number of carbonyl (C=O) groups excluding carboxylic acids is 1. The molecule has 1 fully saturated rings. The van der Waals surface area contributed by atoms with Crippen molar-refractivity contribution in [2.75, 3.05) is 28.7 Å². The molecular weight excluding hydrogens is 268 g/mol. The van der Waals surface area contributed by atoms with Crippen LogP contribution in [0.15, 0.2) is 12.1 Å². The molecule has 1 aromatic carbocycles. The van der Waals surface area contributed by atoms with Crippen molar-refractivity contribution in [3.8, 4) is 0 Å². The summed E-state index contributed by atoms with van der Waals surface area (Å²) in [6.07, 6.45) is 1.74. The molecule has 2 aliphatic rings. The molecule has 0 bridgehead atoms. The normalized spacial score (nSPS) is 21.8. The zero-order valence-electron chi connectivity index (χ0n) is 9.96. The summed E-state index contributed by atoms with van der Waals surface area (Å²) in [7, 11) is 0. The molecule has 0 saturated carbocycles. The largest absolute Gasteiger partial charge is 0.384 e. The molecule has 18 heavy (non-hydrogen) atoms. The monoisotopic (exact) mass is 282 g/mol. The SMILES string of the molecule is O=C1Cc2cc(NCC3CCSC3)c(Cl)cc2N1. The zero-order chi connectivity index (χ0) is 12.5. The summed E-state index contributed by atoms with van der Waals surface area (Å²) in [4.78, 5) is 11.3. The van der Waals surface area contributed by atoms with Crippen LogP contribution in [0.3, 0.4) is 0 Å². The van der Waals surface area contributed by atoms with E-state index in [1.807, 2.05) is 23.9 Å². The summed E-state index contributed by atoms with van der Waals surface area (Å²) in [6, 6.07) is 3.84. The second kappa shape index (κ2) is 5.02. The highest BCUT2D eigenvalue weighted by Gasteiger charge is 2.20. The average Bonchev–Trinajstić information content (AvgIpc) is 2.94. The molecule has 1 atom stereocenters. The fraction of sp³-hybridized carbons (Fsp3) is 0.462. The Hall–Kier alpha value is -0.870. The lowest BCUT2D eigenvalue weighted by Crippen LogP contribution is -2.13. The first-order valence-electron chi connectivity index (χ1n) is 6.16. The van der Waals surface area contributed by atoms with Crippen LogP contribution in [-0.4, -0.2) is 24.0 Å². The van der Waals surface area contributed by atoms with Crippen LogP contribution in [0.25, 0.3) is 0 Å². The van der Waals surface area contributed by atoms with E-state index >= 15 is 0 Å². The maximum atomic E-state index is 11.3. The van der Waals surface area contributed by atoms with Crippen LogP contribution in [0.4, 0.5) is 11.4 Å². The average molecular weight is 283 g/mol. The molecular formula is C13H15ClN2OS. The fourth-order valence-electron chi connectivity index (χ4n) is 2.38. The second-order valence-corrected chi connectivity index (χ2v) is 6.38. The van der Waals surface area contributed by atoms with Crippen molar-refractivity contribution >= 4 is 40.6 Å². The van der Waals surface area contributed by atoms with Crippen molar-refractivity contribution in [1.82, 2.24) is 0 Å². The van der Waals surface area contributed by atoms with Crippen molar-refractivity contribution in [3.05, 3.63) is 22.7 Å². The third-order valence-corrected chi connectivity index (χ3v) is 4.97. The first kappa shape index (κ1) is 12.2. The number of carbonyl (C=O) groups is 1. The summed E-state index contributed by atoms with van der Waals surface area (Å²) in [6.45, 7) is 0.965. The third kappa shape index (κ3) is 2.45. The number of anilines is 2. The van der Waals surface area contributed by atoms with E-state index in [2.05, 4.69) is 10.6 Å². The first-order chi connectivity index (χ1) is 8.72. The van der Waals surface area contributed by atoms with Gasteiger partial charge in [0.1, 0.15) is 0 Å². The van der Waals surface area contributed by atoms with Crippen molar-refractivity contribution < 1.29 is 4.79 Å². The van der Waals surface area contributed by atoms with Gasteiger partial charge in [0.15, 0.2) is 0 Å². The fourth-order valence-corrected chi connectivity index (χ4v) is 3.90. The molecule has 1 aromatic rings.